The van der Waals surface area contributed by atoms with E-state index in [1.807, 2.05) is 32.0 Å². The minimum Gasteiger partial charge on any atom is -0.496 e. The number of quaternary nitrogens is 1. The van der Waals surface area contributed by atoms with Crippen molar-refractivity contribution in [3.05, 3.63) is 47.0 Å². The van der Waals surface area contributed by atoms with Crippen LogP contribution in [0.5, 0.6) is 17.2 Å². The summed E-state index contributed by atoms with van der Waals surface area (Å²) in [5, 5.41) is 5.81. The Labute approximate surface area is 183 Å². The highest BCUT2D eigenvalue weighted by atomic mass is 16.5. The van der Waals surface area contributed by atoms with Crippen LogP contribution in [0.3, 0.4) is 0 Å². The van der Waals surface area contributed by atoms with Crippen LogP contribution in [0.25, 0.3) is 0 Å². The molecule has 0 heterocycles. The number of carbonyl (C=O) groups excluding carboxylic acids is 2. The van der Waals surface area contributed by atoms with Crippen LogP contribution in [0, 0.1) is 13.8 Å². The molecule has 2 amide bonds. The highest BCUT2D eigenvalue weighted by Crippen LogP contribution is 2.34. The van der Waals surface area contributed by atoms with E-state index in [1.54, 1.807) is 40.5 Å². The molecule has 2 aromatic carbocycles. The molecular formula is C23H32N3O5+. The molecule has 0 aliphatic rings. The smallest absolute Gasteiger partial charge is 0.279 e. The molecule has 8 heteroatoms. The van der Waals surface area contributed by atoms with Gasteiger partial charge in [0.1, 0.15) is 5.75 Å². The lowest BCUT2D eigenvalue weighted by Gasteiger charge is -2.17. The predicted molar refractivity (Wildman–Crippen MR) is 119 cm³/mol. The lowest BCUT2D eigenvalue weighted by molar-refractivity contribution is -0.862. The number of para-hydroxylation sites is 1. The number of methoxy groups -OCH3 is 3. The van der Waals surface area contributed by atoms with Crippen LogP contribution in [0.2, 0.25) is 0 Å². The minimum atomic E-state index is -0.172. The molecule has 8 nitrogen and oxygen atoms in total. The topological polar surface area (TPSA) is 90.3 Å². The lowest BCUT2D eigenvalue weighted by atomic mass is 10.1. The van der Waals surface area contributed by atoms with E-state index in [0.717, 1.165) is 27.3 Å². The van der Waals surface area contributed by atoms with E-state index in [-0.39, 0.29) is 31.4 Å². The van der Waals surface area contributed by atoms with Crippen molar-refractivity contribution in [2.24, 2.45) is 0 Å². The van der Waals surface area contributed by atoms with Crippen molar-refractivity contribution in [1.82, 2.24) is 5.32 Å². The van der Waals surface area contributed by atoms with Crippen molar-refractivity contribution in [2.45, 2.75) is 20.4 Å². The maximum atomic E-state index is 12.4. The maximum Gasteiger partial charge on any atom is 0.279 e. The summed E-state index contributed by atoms with van der Waals surface area (Å²) in [5.74, 6) is 1.39. The highest BCUT2D eigenvalue weighted by Gasteiger charge is 2.17. The molecule has 0 saturated carbocycles. The third-order valence-electron chi connectivity index (χ3n) is 4.93. The molecule has 0 bridgehead atoms. The van der Waals surface area contributed by atoms with Gasteiger partial charge in [-0.3, -0.25) is 9.59 Å². The van der Waals surface area contributed by atoms with Gasteiger partial charge in [0.2, 0.25) is 0 Å². The zero-order valence-electron chi connectivity index (χ0n) is 19.0. The number of aryl methyl sites for hydroxylation is 2. The van der Waals surface area contributed by atoms with E-state index < -0.39 is 0 Å². The van der Waals surface area contributed by atoms with Crippen LogP contribution >= 0.6 is 0 Å². The van der Waals surface area contributed by atoms with Crippen LogP contribution in [0.4, 0.5) is 5.69 Å². The summed E-state index contributed by atoms with van der Waals surface area (Å²) in [7, 11) is 6.46. The van der Waals surface area contributed by atoms with Crippen molar-refractivity contribution in [3.63, 3.8) is 0 Å². The SMILES string of the molecule is COc1cc(OC)c(OC)cc1CNC(=O)C[NH+](C)CC(=O)Nc1c(C)cccc1C. The summed E-state index contributed by atoms with van der Waals surface area (Å²) in [6.07, 6.45) is 0. The molecule has 0 aliphatic heterocycles. The number of hydrogen-bond donors (Lipinski definition) is 3. The molecule has 31 heavy (non-hydrogen) atoms. The Morgan fingerprint density at radius 1 is 0.871 bits per heavy atom. The molecule has 2 rings (SSSR count). The summed E-state index contributed by atoms with van der Waals surface area (Å²) in [4.78, 5) is 25.6. The molecule has 168 valence electrons. The van der Waals surface area contributed by atoms with E-state index in [9.17, 15) is 9.59 Å². The third kappa shape index (κ3) is 6.62. The van der Waals surface area contributed by atoms with Gasteiger partial charge in [-0.1, -0.05) is 18.2 Å². The number of likely N-dealkylation sites (N-methyl/N-ethyl adjacent to an activating group) is 1. The van der Waals surface area contributed by atoms with Crippen molar-refractivity contribution in [2.75, 3.05) is 46.8 Å². The predicted octanol–water partition coefficient (Wildman–Crippen LogP) is 1.10. The Bertz CT molecular complexity index is 909. The minimum absolute atomic E-state index is 0.135. The van der Waals surface area contributed by atoms with Crippen molar-refractivity contribution in [3.8, 4) is 17.2 Å². The van der Waals surface area contributed by atoms with Gasteiger partial charge < -0.3 is 29.7 Å². The Hall–Kier alpha value is -3.26. The van der Waals surface area contributed by atoms with Gasteiger partial charge in [-0.15, -0.1) is 0 Å². The van der Waals surface area contributed by atoms with Gasteiger partial charge in [-0.25, -0.2) is 0 Å². The average Bonchev–Trinajstić information content (AvgIpc) is 2.74. The maximum absolute atomic E-state index is 12.4. The van der Waals surface area contributed by atoms with E-state index in [2.05, 4.69) is 10.6 Å². The number of ether oxygens (including phenoxy) is 3. The molecule has 1 atom stereocenters. The van der Waals surface area contributed by atoms with Gasteiger partial charge in [-0.05, 0) is 31.0 Å². The van der Waals surface area contributed by atoms with E-state index in [1.165, 1.54) is 0 Å². The molecule has 0 aromatic heterocycles. The van der Waals surface area contributed by atoms with Gasteiger partial charge in [-0.2, -0.15) is 0 Å². The molecule has 1 unspecified atom stereocenters. The summed E-state index contributed by atoms with van der Waals surface area (Å²) in [6.45, 7) is 4.52. The Morgan fingerprint density at radius 3 is 2.00 bits per heavy atom. The first-order chi connectivity index (χ1) is 14.8. The summed E-state index contributed by atoms with van der Waals surface area (Å²) < 4.78 is 16.0. The van der Waals surface area contributed by atoms with Crippen LogP contribution in [-0.4, -0.2) is 53.3 Å². The molecule has 0 spiro atoms. The number of carbonyl (C=O) groups is 2. The Kier molecular flexibility index (Phi) is 8.69. The summed E-state index contributed by atoms with van der Waals surface area (Å²) in [5.41, 5.74) is 3.60. The molecule has 0 aliphatic carbocycles. The van der Waals surface area contributed by atoms with Gasteiger partial charge in [0.05, 0.1) is 28.4 Å². The first-order valence-corrected chi connectivity index (χ1v) is 10.0. The summed E-state index contributed by atoms with van der Waals surface area (Å²) in [6, 6.07) is 9.35. The average molecular weight is 431 g/mol. The third-order valence-corrected chi connectivity index (χ3v) is 4.93. The fourth-order valence-electron chi connectivity index (χ4n) is 3.29. The number of benzene rings is 2. The molecule has 0 radical (unpaired) electrons. The number of amides is 2. The Morgan fingerprint density at radius 2 is 1.42 bits per heavy atom. The quantitative estimate of drug-likeness (QED) is 0.525. The molecule has 0 fully saturated rings. The fraction of sp³-hybridized carbons (Fsp3) is 0.391. The van der Waals surface area contributed by atoms with Crippen LogP contribution < -0.4 is 29.7 Å². The van der Waals surface area contributed by atoms with Crippen molar-refractivity contribution >= 4 is 17.5 Å². The second-order valence-corrected chi connectivity index (χ2v) is 7.42. The zero-order chi connectivity index (χ0) is 23.0. The molecular weight excluding hydrogens is 398 g/mol. The Balaban J connectivity index is 1.90. The van der Waals surface area contributed by atoms with Gasteiger partial charge >= 0.3 is 0 Å². The normalized spacial score (nSPS) is 11.4. The van der Waals surface area contributed by atoms with Gasteiger partial charge in [0.25, 0.3) is 11.8 Å². The number of hydrogen-bond acceptors (Lipinski definition) is 5. The van der Waals surface area contributed by atoms with E-state index in [4.69, 9.17) is 14.2 Å². The molecule has 2 aromatic rings. The van der Waals surface area contributed by atoms with Crippen LogP contribution in [0.15, 0.2) is 30.3 Å². The summed E-state index contributed by atoms with van der Waals surface area (Å²) >= 11 is 0. The second kappa shape index (κ2) is 11.2. The zero-order valence-corrected chi connectivity index (χ0v) is 19.0. The molecule has 0 saturated heterocycles. The second-order valence-electron chi connectivity index (χ2n) is 7.42. The largest absolute Gasteiger partial charge is 0.496 e. The highest BCUT2D eigenvalue weighted by molar-refractivity contribution is 5.93. The monoisotopic (exact) mass is 430 g/mol. The van der Waals surface area contributed by atoms with Gasteiger partial charge in [0, 0.05) is 23.9 Å². The number of nitrogens with one attached hydrogen (secondary N) is 3. The van der Waals surface area contributed by atoms with Crippen LogP contribution in [-0.2, 0) is 16.1 Å². The number of anilines is 1. The first-order valence-electron chi connectivity index (χ1n) is 10.0. The molecule has 3 N–H and O–H groups in total. The van der Waals surface area contributed by atoms with Gasteiger partial charge in [0.15, 0.2) is 24.6 Å². The van der Waals surface area contributed by atoms with Crippen molar-refractivity contribution in [1.29, 1.82) is 0 Å². The van der Waals surface area contributed by atoms with E-state index >= 15 is 0 Å². The van der Waals surface area contributed by atoms with Crippen LogP contribution in [0.1, 0.15) is 16.7 Å². The fourth-order valence-corrected chi connectivity index (χ4v) is 3.29. The lowest BCUT2D eigenvalue weighted by Crippen LogP contribution is -3.11. The van der Waals surface area contributed by atoms with Crippen molar-refractivity contribution < 1.29 is 28.7 Å². The number of rotatable bonds is 10. The first kappa shape index (κ1) is 24.0. The van der Waals surface area contributed by atoms with E-state index in [0.29, 0.717) is 17.2 Å². The standard InChI is InChI=1S/C23H31N3O5/c1-15-8-7-9-16(2)23(15)25-22(28)14-26(3)13-21(27)24-12-17-10-19(30-5)20(31-6)11-18(17)29-4/h7-11H,12-14H2,1-6H3,(H,24,27)(H,25,28)/p+1.